The Bertz CT molecular complexity index is 7570. The van der Waals surface area contributed by atoms with Gasteiger partial charge in [-0.3, -0.25) is 29.0 Å². The minimum atomic E-state index is -2.03. The van der Waals surface area contributed by atoms with Crippen molar-refractivity contribution in [3.05, 3.63) is 253 Å². The molecule has 12 aromatic heterocycles. The summed E-state index contributed by atoms with van der Waals surface area (Å²) in [6, 6.07) is 28.0. The minimum Gasteiger partial charge on any atom is -0.444 e. The lowest BCUT2D eigenvalue weighted by molar-refractivity contribution is 0.0214. The molecule has 3 aromatic carbocycles. The first kappa shape index (κ1) is 107. The van der Waals surface area contributed by atoms with Crippen molar-refractivity contribution in [3.8, 4) is 17.5 Å². The summed E-state index contributed by atoms with van der Waals surface area (Å²) in [5.74, 6) is -1.80. The molecule has 34 nitrogen and oxygen atoms in total. The number of hydrogen-bond acceptors (Lipinski definition) is 26. The van der Waals surface area contributed by atoms with Gasteiger partial charge >= 0.3 is 12.2 Å². The third-order valence-electron chi connectivity index (χ3n) is 22.6. The summed E-state index contributed by atoms with van der Waals surface area (Å²) in [6.45, 7) is 33.9. The van der Waals surface area contributed by atoms with E-state index in [1.54, 1.807) is 36.8 Å². The van der Waals surface area contributed by atoms with Gasteiger partial charge in [0, 0.05) is 101 Å². The fourth-order valence-electron chi connectivity index (χ4n) is 15.8. The average Bonchev–Trinajstić information content (AvgIpc) is 1.61. The smallest absolute Gasteiger partial charge is 0.410 e. The molecule has 3 aliphatic rings. The molecule has 762 valence electrons. The molecule has 0 aliphatic carbocycles. The third-order valence-corrected chi connectivity index (χ3v) is 24.2. The Balaban J connectivity index is 0.000000152. The second kappa shape index (κ2) is 43.8. The molecule has 45 heteroatoms. The van der Waals surface area contributed by atoms with Crippen molar-refractivity contribution >= 4 is 125 Å². The predicted octanol–water partition coefficient (Wildman–Crippen LogP) is 18.8. The van der Waals surface area contributed by atoms with Gasteiger partial charge in [0.25, 0.3) is 22.2 Å². The van der Waals surface area contributed by atoms with Gasteiger partial charge in [0.1, 0.15) is 106 Å². The molecular formula is C99H113BrF8N26O8S2. The lowest BCUT2D eigenvalue weighted by Crippen LogP contribution is -2.39. The van der Waals surface area contributed by atoms with Crippen LogP contribution in [0.4, 0.5) is 73.7 Å². The number of nitrogens with zero attached hydrogens (tertiary/aromatic N) is 21. The molecule has 0 unspecified atom stereocenters. The zero-order chi connectivity index (χ0) is 105. The Labute approximate surface area is 840 Å². The predicted molar refractivity (Wildman–Crippen MR) is 542 cm³/mol. The van der Waals surface area contributed by atoms with E-state index in [4.69, 9.17) is 15.2 Å². The molecule has 0 atom stereocenters. The van der Waals surface area contributed by atoms with Crippen LogP contribution in [0.5, 0.6) is 0 Å². The first-order chi connectivity index (χ1) is 67.8. The lowest BCUT2D eigenvalue weighted by Gasteiger charge is -2.31. The zero-order valence-electron chi connectivity index (χ0n) is 83.3. The number of thioether (sulfide) groups is 2. The number of nitrogens with two attached hydrogens (primary N) is 1. The molecule has 0 fully saturated rings. The van der Waals surface area contributed by atoms with Crippen LogP contribution in [0.1, 0.15) is 181 Å². The minimum absolute atomic E-state index is 0.0600. The molecule has 3 aliphatic heterocycles. The third kappa shape index (κ3) is 25.0. The lowest BCUT2D eigenvalue weighted by atomic mass is 9.99. The van der Waals surface area contributed by atoms with Crippen LogP contribution in [-0.2, 0) is 97.2 Å². The van der Waals surface area contributed by atoms with Gasteiger partial charge in [0.15, 0.2) is 50.4 Å². The highest BCUT2D eigenvalue weighted by Gasteiger charge is 2.35. The number of anilines is 5. The second-order valence-corrected chi connectivity index (χ2v) is 39.9. The van der Waals surface area contributed by atoms with Crippen molar-refractivity contribution < 1.29 is 54.2 Å². The molecular weight excluding hydrogens is 1980 g/mol. The van der Waals surface area contributed by atoms with E-state index < -0.39 is 57.1 Å². The van der Waals surface area contributed by atoms with Crippen LogP contribution < -0.4 is 43.9 Å². The van der Waals surface area contributed by atoms with Gasteiger partial charge in [0.05, 0.1) is 0 Å². The van der Waals surface area contributed by atoms with Crippen LogP contribution in [0, 0.1) is 23.3 Å². The molecule has 15 aromatic rings. The standard InChI is InChI=1S/C29H33F2N7O3.C24H25F2N7O.C16H17F2N5OS.C14H20N2O2.C8H8BrF2N.C8H10N4OS/c1-7-37-25(39)20-15-32-26(35-24(20)38(37)22-11-10-21(30)23(34-22)29(5,6)31)33-19-9-8-17-12-13-36(16-18(17)14-19)27(40)41-28(2,3)4;1-4-32-22(34)17-13-28-23(29-16-6-5-14-9-10-27-12-15(14)11-16)31-21(17)33(32)19-8-7-18(25)20(30-19)24(2,3)26;1-5-22-14(24)9-8-19-15(25-4)21-13(9)23(22)11-7-6-10(17)12(20-11)16(2,3)18;1-14(2,3)18-13(17)16-7-6-10-4-5-12(15)8-11(10)9-16;1-8(2,11)7-5(10)3-4-6(9)12-7;1-3-12-7(13)5-4-9-8(14-2)10-6(5)11-12/h8-11,14-15H,7,12-13,16H2,1-6H3,(H,32,33,35);5-8,11,13,27H,4,9-10,12H2,1-3H3,(H,28,29,31);6-8H,5H2,1-4H3;4-5,8H,6-7,9,15H2,1-3H3;3-4H,1-2H3;4H,3H2,1-2H3,(H,9,10,11). The zero-order valence-corrected chi connectivity index (χ0v) is 86.5. The van der Waals surface area contributed by atoms with Crippen molar-refractivity contribution in [1.82, 2.24) is 113 Å². The summed E-state index contributed by atoms with van der Waals surface area (Å²) in [7, 11) is 0. The van der Waals surface area contributed by atoms with Crippen molar-refractivity contribution in [2.24, 2.45) is 0 Å². The molecule has 0 bridgehead atoms. The topological polar surface area (TPSA) is 394 Å². The van der Waals surface area contributed by atoms with Gasteiger partial charge in [-0.25, -0.2) is 123 Å². The number of hydrogen-bond donors (Lipinski definition) is 5. The normalized spacial score (nSPS) is 13.2. The van der Waals surface area contributed by atoms with Gasteiger partial charge in [0.2, 0.25) is 11.9 Å². The van der Waals surface area contributed by atoms with Gasteiger partial charge in [-0.2, -0.15) is 9.97 Å². The number of amides is 2. The van der Waals surface area contributed by atoms with E-state index in [1.807, 2.05) is 103 Å². The highest BCUT2D eigenvalue weighted by Crippen LogP contribution is 2.35. The summed E-state index contributed by atoms with van der Waals surface area (Å²) in [6.07, 6.45) is 11.6. The number of aromatic amines is 1. The summed E-state index contributed by atoms with van der Waals surface area (Å²) < 4.78 is 134. The molecule has 18 rings (SSSR count). The van der Waals surface area contributed by atoms with Gasteiger partial charge < -0.3 is 41.0 Å². The average molecular weight is 2090 g/mol. The number of carbonyl (C=O) groups is 2. The molecule has 0 saturated heterocycles. The maximum atomic E-state index is 14.7. The first-order valence-electron chi connectivity index (χ1n) is 46.2. The Morgan fingerprint density at radius 2 is 0.799 bits per heavy atom. The Morgan fingerprint density at radius 3 is 1.19 bits per heavy atom. The number of benzene rings is 3. The van der Waals surface area contributed by atoms with E-state index >= 15 is 0 Å². The molecule has 15 heterocycles. The van der Waals surface area contributed by atoms with Gasteiger partial charge in [-0.05, 0) is 297 Å². The van der Waals surface area contributed by atoms with E-state index in [9.17, 15) is 63.9 Å². The summed E-state index contributed by atoms with van der Waals surface area (Å²) in [5, 5.41) is 15.2. The SMILES string of the molecule is CC(C)(C)OC(=O)N1CCc2ccc(N)cc2C1.CC(C)(F)c1nc(Br)ccc1F.CCn1[nH]c2nc(SC)ncc2c1=O.CCn1c(=O)c2cnc(Nc3ccc4c(c3)CN(C(=O)OC(C)(C)C)CC4)nc2n1-c1ccc(F)c(C(C)(C)F)n1.CCn1c(=O)c2cnc(Nc3ccc4c(c3)CNCC4)nc2n1-c1ccc(F)c(C(C)(C)F)n1.CCn1c(=O)c2cnc(SC)nc2n1-c1ccc(F)c(C(C)(C)F)n1. The van der Waals surface area contributed by atoms with Gasteiger partial charge in [-0.15, -0.1) is 0 Å². The van der Waals surface area contributed by atoms with Crippen molar-refractivity contribution in [1.29, 1.82) is 0 Å². The number of ether oxygens (including phenoxy) is 2. The van der Waals surface area contributed by atoms with Crippen LogP contribution in [0.3, 0.4) is 0 Å². The molecule has 144 heavy (non-hydrogen) atoms. The number of fused-ring (bicyclic) bond motifs is 7. The highest BCUT2D eigenvalue weighted by molar-refractivity contribution is 9.10. The van der Waals surface area contributed by atoms with Gasteiger partial charge in [-0.1, -0.05) is 41.7 Å². The Hall–Kier alpha value is -13.8. The molecule has 0 saturated carbocycles. The van der Waals surface area contributed by atoms with Crippen LogP contribution >= 0.6 is 39.5 Å². The summed E-state index contributed by atoms with van der Waals surface area (Å²) >= 11 is 5.83. The number of rotatable bonds is 17. The summed E-state index contributed by atoms with van der Waals surface area (Å²) in [5.41, 5.74) is 5.58. The molecule has 0 radical (unpaired) electrons. The number of halogens is 9. The van der Waals surface area contributed by atoms with Crippen molar-refractivity contribution in [3.63, 3.8) is 0 Å². The van der Waals surface area contributed by atoms with Crippen LogP contribution in [0.15, 0.2) is 162 Å². The largest absolute Gasteiger partial charge is 0.444 e. The van der Waals surface area contributed by atoms with Crippen LogP contribution in [0.25, 0.3) is 61.6 Å². The molecule has 6 N–H and O–H groups in total. The van der Waals surface area contributed by atoms with E-state index in [2.05, 4.69) is 109 Å². The quantitative estimate of drug-likeness (QED) is 0.0186. The van der Waals surface area contributed by atoms with Crippen molar-refractivity contribution in [2.75, 3.05) is 48.5 Å². The Morgan fingerprint density at radius 1 is 0.431 bits per heavy atom. The first-order valence-corrected chi connectivity index (χ1v) is 49.5. The fraction of sp³-hybridized carbons (Fsp3) is 0.394. The highest BCUT2D eigenvalue weighted by atomic mass is 79.9. The fourth-order valence-corrected chi connectivity index (χ4v) is 16.8. The van der Waals surface area contributed by atoms with Crippen molar-refractivity contribution in [2.45, 2.75) is 234 Å². The van der Waals surface area contributed by atoms with Crippen LogP contribution in [0.2, 0.25) is 0 Å². The number of pyridine rings is 4. The maximum Gasteiger partial charge on any atom is 0.410 e. The van der Waals surface area contributed by atoms with E-state index in [0.29, 0.717) is 106 Å². The maximum absolute atomic E-state index is 14.7. The number of aryl methyl sites for hydroxylation is 1. The molecule has 0 spiro atoms. The number of nitrogens with one attached hydrogen (secondary N) is 4. The number of aromatic nitrogens is 20. The second-order valence-electron chi connectivity index (χ2n) is 37.6. The number of H-pyrrole nitrogens is 1. The Kier molecular flexibility index (Phi) is 32.7. The molecule has 2 amide bonds. The number of alkyl halides is 4. The van der Waals surface area contributed by atoms with E-state index in [0.717, 1.165) is 72.2 Å². The van der Waals surface area contributed by atoms with E-state index in [-0.39, 0.29) is 104 Å². The summed E-state index contributed by atoms with van der Waals surface area (Å²) in [4.78, 5) is 129. The number of carbonyl (C=O) groups excluding carboxylic acids is 2. The number of nitrogen functional groups attached to an aromatic ring is 1. The van der Waals surface area contributed by atoms with Crippen LogP contribution in [-0.4, -0.2) is 163 Å². The van der Waals surface area contributed by atoms with E-state index in [1.165, 1.54) is 177 Å². The monoisotopic (exact) mass is 2090 g/mol.